The number of amides is 1. The fourth-order valence-corrected chi connectivity index (χ4v) is 3.55. The molecule has 104 valence electrons. The molecule has 5 nitrogen and oxygen atoms in total. The van der Waals surface area contributed by atoms with Gasteiger partial charge in [0.05, 0.1) is 16.1 Å². The fraction of sp³-hybridized carbons (Fsp3) is 0.583. The lowest BCUT2D eigenvalue weighted by Crippen LogP contribution is -2.50. The average Bonchev–Trinajstić information content (AvgIpc) is 2.84. The van der Waals surface area contributed by atoms with Gasteiger partial charge in [-0.15, -0.1) is 0 Å². The summed E-state index contributed by atoms with van der Waals surface area (Å²) < 4.78 is 1.62. The zero-order valence-corrected chi connectivity index (χ0v) is 12.8. The average molecular weight is 298 g/mol. The molecule has 1 aromatic rings. The maximum Gasteiger partial charge on any atom is 0.274 e. The highest BCUT2D eigenvalue weighted by molar-refractivity contribution is 8.02. The minimum absolute atomic E-state index is 0.0155. The lowest BCUT2D eigenvalue weighted by atomic mass is 9.95. The van der Waals surface area contributed by atoms with Crippen molar-refractivity contribution in [1.29, 1.82) is 0 Å². The Kier molecular flexibility index (Phi) is 4.15. The van der Waals surface area contributed by atoms with Crippen molar-refractivity contribution in [2.75, 3.05) is 19.3 Å². The SMILES string of the molecule is CSC1(C(N)=S)CCN(C(=O)c2cn(C)cn2)CC1. The molecule has 0 radical (unpaired) electrons. The summed E-state index contributed by atoms with van der Waals surface area (Å²) in [6.45, 7) is 1.35. The van der Waals surface area contributed by atoms with Crippen LogP contribution in [-0.2, 0) is 7.05 Å². The van der Waals surface area contributed by atoms with Crippen LogP contribution in [0.4, 0.5) is 0 Å². The van der Waals surface area contributed by atoms with E-state index in [9.17, 15) is 4.79 Å². The molecular weight excluding hydrogens is 280 g/mol. The summed E-state index contributed by atoms with van der Waals surface area (Å²) >= 11 is 6.86. The van der Waals surface area contributed by atoms with Crippen LogP contribution in [0.5, 0.6) is 0 Å². The van der Waals surface area contributed by atoms with Crippen molar-refractivity contribution in [3.63, 3.8) is 0 Å². The standard InChI is InChI=1S/C12H18N4OS2/c1-15-7-9(14-8-15)10(17)16-5-3-12(19-2,4-6-16)11(13)18/h7-8H,3-6H2,1-2H3,(H2,13,18). The molecule has 2 heterocycles. The van der Waals surface area contributed by atoms with Crippen LogP contribution < -0.4 is 5.73 Å². The first kappa shape index (κ1) is 14.3. The van der Waals surface area contributed by atoms with Crippen molar-refractivity contribution >= 4 is 34.9 Å². The van der Waals surface area contributed by atoms with Crippen molar-refractivity contribution in [2.24, 2.45) is 12.8 Å². The number of imidazole rings is 1. The van der Waals surface area contributed by atoms with Gasteiger partial charge in [0.25, 0.3) is 5.91 Å². The van der Waals surface area contributed by atoms with Gasteiger partial charge in [-0.3, -0.25) is 4.79 Å². The summed E-state index contributed by atoms with van der Waals surface area (Å²) in [5, 5.41) is 0. The molecular formula is C12H18N4OS2. The van der Waals surface area contributed by atoms with Gasteiger partial charge in [0.15, 0.2) is 0 Å². The number of aromatic nitrogens is 2. The van der Waals surface area contributed by atoms with Crippen molar-refractivity contribution in [2.45, 2.75) is 17.6 Å². The van der Waals surface area contributed by atoms with Gasteiger partial charge < -0.3 is 15.2 Å². The fourth-order valence-electron chi connectivity index (χ4n) is 2.31. The summed E-state index contributed by atoms with van der Waals surface area (Å²) in [6.07, 6.45) is 7.02. The number of hydrogen-bond donors (Lipinski definition) is 1. The molecule has 1 amide bonds. The molecule has 1 aliphatic rings. The van der Waals surface area contributed by atoms with E-state index in [-0.39, 0.29) is 10.7 Å². The quantitative estimate of drug-likeness (QED) is 0.845. The molecule has 7 heteroatoms. The Morgan fingerprint density at radius 1 is 1.53 bits per heavy atom. The number of thioether (sulfide) groups is 1. The molecule has 0 atom stereocenters. The maximum absolute atomic E-state index is 12.3. The summed E-state index contributed by atoms with van der Waals surface area (Å²) in [5.74, 6) is -0.0155. The van der Waals surface area contributed by atoms with Crippen LogP contribution in [0.2, 0.25) is 0 Å². The van der Waals surface area contributed by atoms with E-state index in [1.165, 1.54) is 0 Å². The molecule has 1 saturated heterocycles. The Morgan fingerprint density at radius 3 is 2.58 bits per heavy atom. The molecule has 19 heavy (non-hydrogen) atoms. The maximum atomic E-state index is 12.3. The Balaban J connectivity index is 2.04. The minimum atomic E-state index is -0.157. The van der Waals surface area contributed by atoms with Crippen LogP contribution >= 0.6 is 24.0 Å². The molecule has 1 fully saturated rings. The highest BCUT2D eigenvalue weighted by Crippen LogP contribution is 2.35. The van der Waals surface area contributed by atoms with E-state index in [1.54, 1.807) is 28.9 Å². The normalized spacial score (nSPS) is 18.3. The van der Waals surface area contributed by atoms with Gasteiger partial charge in [0.2, 0.25) is 0 Å². The number of thiocarbonyl (C=S) groups is 1. The summed E-state index contributed by atoms with van der Waals surface area (Å²) in [7, 11) is 1.85. The lowest BCUT2D eigenvalue weighted by molar-refractivity contribution is 0.0713. The van der Waals surface area contributed by atoms with Crippen molar-refractivity contribution in [1.82, 2.24) is 14.5 Å². The summed E-state index contributed by atoms with van der Waals surface area (Å²) in [6, 6.07) is 0. The Hall–Kier alpha value is -1.08. The van der Waals surface area contributed by atoms with E-state index in [0.717, 1.165) is 12.8 Å². The smallest absolute Gasteiger partial charge is 0.274 e. The Labute approximate surface area is 122 Å². The number of rotatable bonds is 3. The molecule has 2 N–H and O–H groups in total. The van der Waals surface area contributed by atoms with Gasteiger partial charge in [-0.2, -0.15) is 11.8 Å². The summed E-state index contributed by atoms with van der Waals surface area (Å²) in [5.41, 5.74) is 6.34. The van der Waals surface area contributed by atoms with Gasteiger partial charge in [0.1, 0.15) is 5.69 Å². The third-order valence-corrected chi connectivity index (χ3v) is 5.55. The second-order valence-corrected chi connectivity index (χ2v) is 6.41. The van der Waals surface area contributed by atoms with E-state index in [4.69, 9.17) is 18.0 Å². The first-order valence-electron chi connectivity index (χ1n) is 6.11. The lowest BCUT2D eigenvalue weighted by Gasteiger charge is -2.39. The number of nitrogens with two attached hydrogens (primary N) is 1. The molecule has 0 spiro atoms. The van der Waals surface area contributed by atoms with Gasteiger partial charge >= 0.3 is 0 Å². The van der Waals surface area contributed by atoms with E-state index < -0.39 is 0 Å². The number of likely N-dealkylation sites (tertiary alicyclic amines) is 1. The summed E-state index contributed by atoms with van der Waals surface area (Å²) in [4.78, 5) is 18.7. The van der Waals surface area contributed by atoms with Gasteiger partial charge in [-0.1, -0.05) is 12.2 Å². The number of carbonyl (C=O) groups excluding carboxylic acids is 1. The number of piperidine rings is 1. The molecule has 1 aromatic heterocycles. The molecule has 2 rings (SSSR count). The van der Waals surface area contributed by atoms with Gasteiger partial charge in [-0.25, -0.2) is 4.98 Å². The zero-order chi connectivity index (χ0) is 14.0. The zero-order valence-electron chi connectivity index (χ0n) is 11.1. The highest BCUT2D eigenvalue weighted by Gasteiger charge is 2.38. The van der Waals surface area contributed by atoms with Crippen LogP contribution in [-0.4, -0.2) is 49.4 Å². The molecule has 0 bridgehead atoms. The van der Waals surface area contributed by atoms with Crippen LogP contribution in [0.15, 0.2) is 12.5 Å². The third-order valence-electron chi connectivity index (χ3n) is 3.62. The highest BCUT2D eigenvalue weighted by atomic mass is 32.2. The Bertz CT molecular complexity index is 492. The molecule has 0 aromatic carbocycles. The molecule has 0 aliphatic carbocycles. The molecule has 0 saturated carbocycles. The Morgan fingerprint density at radius 2 is 2.16 bits per heavy atom. The number of nitrogens with zero attached hydrogens (tertiary/aromatic N) is 3. The van der Waals surface area contributed by atoms with E-state index >= 15 is 0 Å². The van der Waals surface area contributed by atoms with Crippen molar-refractivity contribution < 1.29 is 4.79 Å². The van der Waals surface area contributed by atoms with Gasteiger partial charge in [-0.05, 0) is 19.1 Å². The van der Waals surface area contributed by atoms with E-state index in [1.807, 2.05) is 18.2 Å². The van der Waals surface area contributed by atoms with Crippen molar-refractivity contribution in [3.8, 4) is 0 Å². The van der Waals surface area contributed by atoms with E-state index in [0.29, 0.717) is 23.8 Å². The predicted octanol–water partition coefficient (Wildman–Crippen LogP) is 1.04. The van der Waals surface area contributed by atoms with Crippen LogP contribution in [0.3, 0.4) is 0 Å². The molecule has 0 unspecified atom stereocenters. The molecule has 1 aliphatic heterocycles. The van der Waals surface area contributed by atoms with Gasteiger partial charge in [0, 0.05) is 26.3 Å². The number of aryl methyl sites for hydroxylation is 1. The van der Waals surface area contributed by atoms with Crippen molar-refractivity contribution in [3.05, 3.63) is 18.2 Å². The van der Waals surface area contributed by atoms with Crippen LogP contribution in [0, 0.1) is 0 Å². The topological polar surface area (TPSA) is 64.2 Å². The first-order chi connectivity index (χ1) is 8.98. The first-order valence-corrected chi connectivity index (χ1v) is 7.74. The largest absolute Gasteiger partial charge is 0.392 e. The second kappa shape index (κ2) is 5.50. The minimum Gasteiger partial charge on any atom is -0.392 e. The predicted molar refractivity (Wildman–Crippen MR) is 81.4 cm³/mol. The van der Waals surface area contributed by atoms with Crippen LogP contribution in [0.1, 0.15) is 23.3 Å². The number of hydrogen-bond acceptors (Lipinski definition) is 4. The van der Waals surface area contributed by atoms with E-state index in [2.05, 4.69) is 4.98 Å². The number of carbonyl (C=O) groups is 1. The van der Waals surface area contributed by atoms with Crippen LogP contribution in [0.25, 0.3) is 0 Å². The monoisotopic (exact) mass is 298 g/mol. The third kappa shape index (κ3) is 2.76. The second-order valence-electron chi connectivity index (χ2n) is 4.78.